The first kappa shape index (κ1) is 22.1. The molecule has 7 nitrogen and oxygen atoms in total. The van der Waals surface area contributed by atoms with Crippen molar-refractivity contribution in [3.8, 4) is 5.69 Å². The number of amides is 1. The molecule has 0 saturated heterocycles. The molecule has 1 aliphatic carbocycles. The molecule has 3 aromatic heterocycles. The third-order valence-electron chi connectivity index (χ3n) is 6.27. The first-order valence-electron chi connectivity index (χ1n) is 11.2. The van der Waals surface area contributed by atoms with Crippen molar-refractivity contribution in [2.45, 2.75) is 44.8 Å². The molecule has 0 radical (unpaired) electrons. The fourth-order valence-electron chi connectivity index (χ4n) is 4.38. The number of aromatic nitrogens is 5. The SMILES string of the molecule is CC1CCC(n2cc3cc(NC(=O)c4cccc(C(F)(F)F)n4)c(-n4cccn4)cc3n2)CC1. The summed E-state index contributed by atoms with van der Waals surface area (Å²) in [5, 5.41) is 12.6. The lowest BCUT2D eigenvalue weighted by atomic mass is 9.87. The van der Waals surface area contributed by atoms with Crippen LogP contribution in [0.4, 0.5) is 18.9 Å². The van der Waals surface area contributed by atoms with Gasteiger partial charge in [0.05, 0.1) is 22.9 Å². The van der Waals surface area contributed by atoms with Gasteiger partial charge in [-0.1, -0.05) is 13.0 Å². The summed E-state index contributed by atoms with van der Waals surface area (Å²) in [6.07, 6.45) is 5.08. The number of pyridine rings is 1. The maximum absolute atomic E-state index is 13.0. The maximum atomic E-state index is 13.0. The van der Waals surface area contributed by atoms with Gasteiger partial charge in [0.1, 0.15) is 11.4 Å². The van der Waals surface area contributed by atoms with Crippen molar-refractivity contribution >= 4 is 22.5 Å². The van der Waals surface area contributed by atoms with Crippen molar-refractivity contribution in [2.24, 2.45) is 5.92 Å². The van der Waals surface area contributed by atoms with Crippen LogP contribution in [-0.2, 0) is 6.18 Å². The molecule has 1 N–H and O–H groups in total. The normalized spacial score (nSPS) is 18.8. The molecular formula is C24H23F3N6O. The molecule has 1 aliphatic rings. The zero-order valence-corrected chi connectivity index (χ0v) is 18.5. The lowest BCUT2D eigenvalue weighted by Crippen LogP contribution is -2.18. The summed E-state index contributed by atoms with van der Waals surface area (Å²) in [5.74, 6) is -0.0218. The zero-order chi connectivity index (χ0) is 23.9. The van der Waals surface area contributed by atoms with Crippen molar-refractivity contribution in [3.05, 3.63) is 66.4 Å². The predicted molar refractivity (Wildman–Crippen MR) is 121 cm³/mol. The van der Waals surface area contributed by atoms with Crippen molar-refractivity contribution in [1.82, 2.24) is 24.5 Å². The number of hydrogen-bond acceptors (Lipinski definition) is 4. The van der Waals surface area contributed by atoms with E-state index in [0.717, 1.165) is 54.6 Å². The number of hydrogen-bond donors (Lipinski definition) is 1. The minimum absolute atomic E-state index is 0.323. The number of benzene rings is 1. The number of fused-ring (bicyclic) bond motifs is 1. The molecule has 0 aliphatic heterocycles. The number of nitrogens with one attached hydrogen (secondary N) is 1. The average molecular weight is 468 g/mol. The van der Waals surface area contributed by atoms with Crippen LogP contribution in [0.15, 0.2) is 55.0 Å². The van der Waals surface area contributed by atoms with Crippen LogP contribution in [0.5, 0.6) is 0 Å². The molecule has 10 heteroatoms. The molecule has 1 fully saturated rings. The smallest absolute Gasteiger partial charge is 0.319 e. The van der Waals surface area contributed by atoms with Crippen LogP contribution >= 0.6 is 0 Å². The molecule has 1 saturated carbocycles. The zero-order valence-electron chi connectivity index (χ0n) is 18.5. The molecule has 0 atom stereocenters. The number of halogens is 3. The summed E-state index contributed by atoms with van der Waals surface area (Å²) in [5.41, 5.74) is 0.260. The van der Waals surface area contributed by atoms with Crippen LogP contribution in [-0.4, -0.2) is 30.5 Å². The number of alkyl halides is 3. The molecule has 0 spiro atoms. The maximum Gasteiger partial charge on any atom is 0.433 e. The van der Waals surface area contributed by atoms with E-state index in [1.165, 1.54) is 6.07 Å². The molecule has 176 valence electrons. The number of anilines is 1. The highest BCUT2D eigenvalue weighted by Crippen LogP contribution is 2.34. The molecular weight excluding hydrogens is 445 g/mol. The lowest BCUT2D eigenvalue weighted by molar-refractivity contribution is -0.141. The highest BCUT2D eigenvalue weighted by atomic mass is 19.4. The molecule has 1 amide bonds. The second kappa shape index (κ2) is 8.58. The van der Waals surface area contributed by atoms with Crippen LogP contribution < -0.4 is 5.32 Å². The third kappa shape index (κ3) is 4.40. The molecule has 34 heavy (non-hydrogen) atoms. The van der Waals surface area contributed by atoms with Gasteiger partial charge in [0, 0.05) is 24.0 Å². The van der Waals surface area contributed by atoms with E-state index >= 15 is 0 Å². The average Bonchev–Trinajstić information content (AvgIpc) is 3.48. The van der Waals surface area contributed by atoms with Crippen molar-refractivity contribution in [1.29, 1.82) is 0 Å². The van der Waals surface area contributed by atoms with Crippen LogP contribution in [0, 0.1) is 5.92 Å². The van der Waals surface area contributed by atoms with Gasteiger partial charge in [0.15, 0.2) is 0 Å². The Kier molecular flexibility index (Phi) is 5.59. The quantitative estimate of drug-likeness (QED) is 0.421. The first-order chi connectivity index (χ1) is 16.3. The minimum atomic E-state index is -4.64. The van der Waals surface area contributed by atoms with Crippen LogP contribution in [0.3, 0.4) is 0 Å². The van der Waals surface area contributed by atoms with E-state index in [1.54, 1.807) is 29.2 Å². The summed E-state index contributed by atoms with van der Waals surface area (Å²) < 4.78 is 42.7. The highest BCUT2D eigenvalue weighted by Gasteiger charge is 2.33. The highest BCUT2D eigenvalue weighted by molar-refractivity contribution is 6.05. The van der Waals surface area contributed by atoms with Gasteiger partial charge in [0.2, 0.25) is 0 Å². The Hall–Kier alpha value is -3.69. The molecule has 5 rings (SSSR count). The number of carbonyl (C=O) groups excluding carboxylic acids is 1. The second-order valence-corrected chi connectivity index (χ2v) is 8.76. The standard InChI is InChI=1S/C24H23F3N6O/c1-15-6-8-17(9-7-15)33-14-16-12-20(21(13-19(16)31-33)32-11-3-10-28-32)30-23(34)18-4-2-5-22(29-18)24(25,26)27/h2-5,10-15,17H,6-9H2,1H3,(H,30,34). The molecule has 1 aromatic carbocycles. The third-order valence-corrected chi connectivity index (χ3v) is 6.27. The van der Waals surface area contributed by atoms with E-state index in [4.69, 9.17) is 5.10 Å². The van der Waals surface area contributed by atoms with Crippen LogP contribution in [0.25, 0.3) is 16.6 Å². The summed E-state index contributed by atoms with van der Waals surface area (Å²) in [7, 11) is 0. The molecule has 3 heterocycles. The van der Waals surface area contributed by atoms with Gasteiger partial charge in [-0.3, -0.25) is 9.48 Å². The van der Waals surface area contributed by atoms with Crippen LogP contribution in [0.2, 0.25) is 0 Å². The van der Waals surface area contributed by atoms with Crippen molar-refractivity contribution in [3.63, 3.8) is 0 Å². The van der Waals surface area contributed by atoms with E-state index in [-0.39, 0.29) is 5.69 Å². The van der Waals surface area contributed by atoms with Gasteiger partial charge in [-0.05, 0) is 61.9 Å². The molecule has 0 unspecified atom stereocenters. The summed E-state index contributed by atoms with van der Waals surface area (Å²) in [4.78, 5) is 16.3. The molecule has 0 bridgehead atoms. The van der Waals surface area contributed by atoms with Gasteiger partial charge >= 0.3 is 6.18 Å². The lowest BCUT2D eigenvalue weighted by Gasteiger charge is -2.26. The van der Waals surface area contributed by atoms with Crippen LogP contribution in [0.1, 0.15) is 54.8 Å². The van der Waals surface area contributed by atoms with Gasteiger partial charge in [0.25, 0.3) is 5.91 Å². The number of nitrogens with zero attached hydrogens (tertiary/aromatic N) is 5. The Balaban J connectivity index is 1.50. The Morgan fingerprint density at radius 3 is 2.62 bits per heavy atom. The fourth-order valence-corrected chi connectivity index (χ4v) is 4.38. The number of carbonyl (C=O) groups is 1. The second-order valence-electron chi connectivity index (χ2n) is 8.76. The Morgan fingerprint density at radius 2 is 1.91 bits per heavy atom. The summed E-state index contributed by atoms with van der Waals surface area (Å²) in [6, 6.07) is 8.90. The predicted octanol–water partition coefficient (Wildman–Crippen LogP) is 5.64. The van der Waals surface area contributed by atoms with Gasteiger partial charge in [-0.25, -0.2) is 9.67 Å². The summed E-state index contributed by atoms with van der Waals surface area (Å²) >= 11 is 0. The van der Waals surface area contributed by atoms with E-state index in [0.29, 0.717) is 17.4 Å². The van der Waals surface area contributed by atoms with Gasteiger partial charge < -0.3 is 5.32 Å². The fraction of sp³-hybridized carbons (Fsp3) is 0.333. The number of rotatable bonds is 4. The van der Waals surface area contributed by atoms with Gasteiger partial charge in [-0.2, -0.15) is 23.4 Å². The van der Waals surface area contributed by atoms with Crippen molar-refractivity contribution < 1.29 is 18.0 Å². The Morgan fingerprint density at radius 1 is 1.12 bits per heavy atom. The first-order valence-corrected chi connectivity index (χ1v) is 11.2. The Labute approximate surface area is 193 Å². The van der Waals surface area contributed by atoms with E-state index < -0.39 is 17.8 Å². The van der Waals surface area contributed by atoms with E-state index in [2.05, 4.69) is 22.3 Å². The Bertz CT molecular complexity index is 1320. The van der Waals surface area contributed by atoms with Gasteiger partial charge in [-0.15, -0.1) is 0 Å². The molecule has 4 aromatic rings. The largest absolute Gasteiger partial charge is 0.433 e. The van der Waals surface area contributed by atoms with Crippen molar-refractivity contribution in [2.75, 3.05) is 5.32 Å². The topological polar surface area (TPSA) is 77.6 Å². The van der Waals surface area contributed by atoms with E-state index in [1.807, 2.05) is 16.9 Å². The summed E-state index contributed by atoms with van der Waals surface area (Å²) in [6.45, 7) is 2.26. The monoisotopic (exact) mass is 468 g/mol. The minimum Gasteiger partial charge on any atom is -0.319 e. The van der Waals surface area contributed by atoms with E-state index in [9.17, 15) is 18.0 Å².